The zero-order chi connectivity index (χ0) is 15.0. The lowest BCUT2D eigenvalue weighted by atomic mass is 9.94. The molecule has 3 nitrogen and oxygen atoms in total. The largest absolute Gasteiger partial charge is 0.507 e. The fourth-order valence-electron chi connectivity index (χ4n) is 2.74. The van der Waals surface area contributed by atoms with Crippen molar-refractivity contribution in [2.24, 2.45) is 0 Å². The number of hydrogen-bond acceptors (Lipinski definition) is 2. The minimum atomic E-state index is -0.395. The molecular formula is C18H19NO2. The number of aromatic hydroxyl groups is 1. The number of phenolic OH excluding ortho intramolecular Hbond substituents is 1. The Labute approximate surface area is 124 Å². The van der Waals surface area contributed by atoms with E-state index in [1.807, 2.05) is 56.3 Å². The van der Waals surface area contributed by atoms with Crippen LogP contribution in [-0.2, 0) is 10.2 Å². The lowest BCUT2D eigenvalue weighted by molar-refractivity contribution is -0.118. The molecule has 3 rings (SSSR count). The highest BCUT2D eigenvalue weighted by Gasteiger charge is 2.51. The molecule has 2 N–H and O–H groups in total. The summed E-state index contributed by atoms with van der Waals surface area (Å²) >= 11 is 0. The van der Waals surface area contributed by atoms with Gasteiger partial charge in [0.2, 0.25) is 5.91 Å². The van der Waals surface area contributed by atoms with E-state index in [9.17, 15) is 9.90 Å². The Kier molecular flexibility index (Phi) is 3.20. The lowest BCUT2D eigenvalue weighted by Gasteiger charge is -2.17. The number of carbonyl (C=O) groups excluding carboxylic acids is 1. The predicted octanol–water partition coefficient (Wildman–Crippen LogP) is 3.68. The van der Waals surface area contributed by atoms with Crippen LogP contribution in [0.4, 0.5) is 5.69 Å². The Balaban J connectivity index is 1.87. The van der Waals surface area contributed by atoms with Crippen molar-refractivity contribution in [3.63, 3.8) is 0 Å². The number of benzene rings is 2. The Bertz CT molecular complexity index is 688. The van der Waals surface area contributed by atoms with Crippen molar-refractivity contribution < 1.29 is 9.90 Å². The molecule has 0 spiro atoms. The second-order valence-corrected chi connectivity index (χ2v) is 5.81. The molecule has 1 saturated carbocycles. The minimum absolute atomic E-state index is 0.0139. The molecule has 0 atom stereocenters. The van der Waals surface area contributed by atoms with Crippen molar-refractivity contribution >= 4 is 11.6 Å². The van der Waals surface area contributed by atoms with Gasteiger partial charge in [0.1, 0.15) is 5.75 Å². The van der Waals surface area contributed by atoms with Gasteiger partial charge in [-0.2, -0.15) is 0 Å². The highest BCUT2D eigenvalue weighted by molar-refractivity contribution is 6.02. The summed E-state index contributed by atoms with van der Waals surface area (Å²) < 4.78 is 0. The van der Waals surface area contributed by atoms with Gasteiger partial charge in [-0.05, 0) is 43.9 Å². The van der Waals surface area contributed by atoms with E-state index >= 15 is 0 Å². The van der Waals surface area contributed by atoms with E-state index in [0.29, 0.717) is 11.3 Å². The van der Waals surface area contributed by atoms with Crippen LogP contribution in [-0.4, -0.2) is 11.0 Å². The average molecular weight is 281 g/mol. The van der Waals surface area contributed by atoms with Crippen molar-refractivity contribution in [3.8, 4) is 5.75 Å². The number of hydrogen-bond donors (Lipinski definition) is 2. The summed E-state index contributed by atoms with van der Waals surface area (Å²) in [7, 11) is 0. The third kappa shape index (κ3) is 2.29. The third-order valence-electron chi connectivity index (χ3n) is 4.39. The van der Waals surface area contributed by atoms with E-state index in [-0.39, 0.29) is 11.7 Å². The van der Waals surface area contributed by atoms with Crippen LogP contribution in [0.3, 0.4) is 0 Å². The number of rotatable bonds is 3. The first-order valence-electron chi connectivity index (χ1n) is 7.21. The van der Waals surface area contributed by atoms with Crippen molar-refractivity contribution in [3.05, 3.63) is 59.2 Å². The summed E-state index contributed by atoms with van der Waals surface area (Å²) in [6, 6.07) is 13.6. The van der Waals surface area contributed by atoms with Crippen molar-refractivity contribution in [1.82, 2.24) is 0 Å². The SMILES string of the molecule is Cc1ccc(NC(=O)C2(c3ccccc3)CC2)c(C)c1O. The number of phenols is 1. The molecule has 1 amide bonds. The van der Waals surface area contributed by atoms with Crippen molar-refractivity contribution in [1.29, 1.82) is 0 Å². The van der Waals surface area contributed by atoms with Gasteiger partial charge in [-0.1, -0.05) is 36.4 Å². The summed E-state index contributed by atoms with van der Waals surface area (Å²) in [6.07, 6.45) is 1.75. The smallest absolute Gasteiger partial charge is 0.235 e. The highest BCUT2D eigenvalue weighted by atomic mass is 16.3. The molecule has 3 heteroatoms. The van der Waals surface area contributed by atoms with Crippen molar-refractivity contribution in [2.45, 2.75) is 32.1 Å². The van der Waals surface area contributed by atoms with Crippen LogP contribution in [0, 0.1) is 13.8 Å². The molecule has 0 bridgehead atoms. The maximum atomic E-state index is 12.7. The molecule has 2 aromatic rings. The summed E-state index contributed by atoms with van der Waals surface area (Å²) in [5, 5.41) is 13.0. The first-order valence-corrected chi connectivity index (χ1v) is 7.21. The molecule has 0 aliphatic heterocycles. The molecule has 1 fully saturated rings. The molecule has 0 aromatic heterocycles. The van der Waals surface area contributed by atoms with Crippen LogP contribution in [0.15, 0.2) is 42.5 Å². The van der Waals surface area contributed by atoms with Crippen LogP contribution in [0.25, 0.3) is 0 Å². The molecule has 1 aliphatic rings. The first kappa shape index (κ1) is 13.7. The van der Waals surface area contributed by atoms with Crippen LogP contribution < -0.4 is 5.32 Å². The minimum Gasteiger partial charge on any atom is -0.507 e. The topological polar surface area (TPSA) is 49.3 Å². The first-order chi connectivity index (χ1) is 10.0. The maximum absolute atomic E-state index is 12.7. The average Bonchev–Trinajstić information content (AvgIpc) is 3.30. The molecular weight excluding hydrogens is 262 g/mol. The van der Waals surface area contributed by atoms with Gasteiger partial charge in [-0.15, -0.1) is 0 Å². The Morgan fingerprint density at radius 3 is 2.38 bits per heavy atom. The fraction of sp³-hybridized carbons (Fsp3) is 0.278. The van der Waals surface area contributed by atoms with E-state index in [4.69, 9.17) is 0 Å². The van der Waals surface area contributed by atoms with Gasteiger partial charge in [-0.25, -0.2) is 0 Å². The standard InChI is InChI=1S/C18H19NO2/c1-12-8-9-15(13(2)16(12)20)19-17(21)18(10-11-18)14-6-4-3-5-7-14/h3-9,20H,10-11H2,1-2H3,(H,19,21). The number of nitrogens with one attached hydrogen (secondary N) is 1. The summed E-state index contributed by atoms with van der Waals surface area (Å²) in [4.78, 5) is 12.7. The zero-order valence-electron chi connectivity index (χ0n) is 12.3. The van der Waals surface area contributed by atoms with Gasteiger partial charge < -0.3 is 10.4 Å². The van der Waals surface area contributed by atoms with Gasteiger partial charge in [0.15, 0.2) is 0 Å². The fourth-order valence-corrected chi connectivity index (χ4v) is 2.74. The number of aryl methyl sites for hydroxylation is 1. The Morgan fingerprint density at radius 1 is 1.10 bits per heavy atom. The molecule has 1 aliphatic carbocycles. The second-order valence-electron chi connectivity index (χ2n) is 5.81. The van der Waals surface area contributed by atoms with E-state index in [1.165, 1.54) is 0 Å². The van der Waals surface area contributed by atoms with Crippen LogP contribution in [0.1, 0.15) is 29.5 Å². The normalized spacial score (nSPS) is 15.5. The van der Waals surface area contributed by atoms with Gasteiger partial charge in [0.25, 0.3) is 0 Å². The highest BCUT2D eigenvalue weighted by Crippen LogP contribution is 2.49. The summed E-state index contributed by atoms with van der Waals surface area (Å²) in [5.41, 5.74) is 2.89. The monoisotopic (exact) mass is 281 g/mol. The van der Waals surface area contributed by atoms with Gasteiger partial charge in [0, 0.05) is 11.3 Å². The number of carbonyl (C=O) groups is 1. The molecule has 0 unspecified atom stereocenters. The van der Waals surface area contributed by atoms with Gasteiger partial charge in [0.05, 0.1) is 5.41 Å². The molecule has 21 heavy (non-hydrogen) atoms. The molecule has 0 heterocycles. The number of amides is 1. The third-order valence-corrected chi connectivity index (χ3v) is 4.39. The van der Waals surface area contributed by atoms with Gasteiger partial charge in [-0.3, -0.25) is 4.79 Å². The zero-order valence-corrected chi connectivity index (χ0v) is 12.3. The van der Waals surface area contributed by atoms with Crippen LogP contribution in [0.5, 0.6) is 5.75 Å². The van der Waals surface area contributed by atoms with Crippen LogP contribution in [0.2, 0.25) is 0 Å². The summed E-state index contributed by atoms with van der Waals surface area (Å²) in [5.74, 6) is 0.261. The Morgan fingerprint density at radius 2 is 1.76 bits per heavy atom. The van der Waals surface area contributed by atoms with Crippen molar-refractivity contribution in [2.75, 3.05) is 5.32 Å². The van der Waals surface area contributed by atoms with E-state index < -0.39 is 5.41 Å². The van der Waals surface area contributed by atoms with E-state index in [0.717, 1.165) is 24.0 Å². The molecule has 2 aromatic carbocycles. The van der Waals surface area contributed by atoms with E-state index in [2.05, 4.69) is 5.32 Å². The molecule has 0 saturated heterocycles. The van der Waals surface area contributed by atoms with Crippen LogP contribution >= 0.6 is 0 Å². The Hall–Kier alpha value is -2.29. The van der Waals surface area contributed by atoms with Gasteiger partial charge >= 0.3 is 0 Å². The molecule has 108 valence electrons. The predicted molar refractivity (Wildman–Crippen MR) is 83.6 cm³/mol. The quantitative estimate of drug-likeness (QED) is 0.901. The number of anilines is 1. The lowest BCUT2D eigenvalue weighted by Crippen LogP contribution is -2.28. The summed E-state index contributed by atoms with van der Waals surface area (Å²) in [6.45, 7) is 3.67. The molecule has 0 radical (unpaired) electrons. The van der Waals surface area contributed by atoms with E-state index in [1.54, 1.807) is 0 Å². The second kappa shape index (κ2) is 4.92. The maximum Gasteiger partial charge on any atom is 0.235 e.